The van der Waals surface area contributed by atoms with Crippen LogP contribution in [0.3, 0.4) is 0 Å². The summed E-state index contributed by atoms with van der Waals surface area (Å²) in [7, 11) is -3.31. The highest BCUT2D eigenvalue weighted by molar-refractivity contribution is 7.90. The number of hydrogen-bond donors (Lipinski definition) is 1. The first-order valence-corrected chi connectivity index (χ1v) is 10.5. The van der Waals surface area contributed by atoms with Crippen molar-refractivity contribution < 1.29 is 17.7 Å². The molecule has 4 rings (SSSR count). The maximum atomic E-state index is 12.4. The Morgan fingerprint density at radius 3 is 2.63 bits per heavy atom. The number of aromatic nitrogens is 2. The molecule has 0 aliphatic carbocycles. The number of rotatable bonds is 4. The molecule has 1 amide bonds. The molecular weight excluding hydrogens is 386 g/mol. The Hall–Kier alpha value is -3.04. The van der Waals surface area contributed by atoms with Crippen LogP contribution < -0.4 is 5.32 Å². The zero-order chi connectivity index (χ0) is 19.0. The van der Waals surface area contributed by atoms with Crippen LogP contribution in [0.1, 0.15) is 10.5 Å². The predicted octanol–water partition coefficient (Wildman–Crippen LogP) is 3.61. The number of anilines is 1. The van der Waals surface area contributed by atoms with E-state index in [1.54, 1.807) is 18.2 Å². The third kappa shape index (κ3) is 3.60. The van der Waals surface area contributed by atoms with Crippen molar-refractivity contribution in [2.75, 3.05) is 11.6 Å². The average Bonchev–Trinajstić information content (AvgIpc) is 3.27. The average molecular weight is 399 g/mol. The molecule has 0 aliphatic heterocycles. The second-order valence-corrected chi connectivity index (χ2v) is 8.86. The Bertz CT molecular complexity index is 1240. The highest BCUT2D eigenvalue weighted by atomic mass is 32.2. The van der Waals surface area contributed by atoms with Gasteiger partial charge in [-0.25, -0.2) is 13.4 Å². The molecule has 0 saturated heterocycles. The summed E-state index contributed by atoms with van der Waals surface area (Å²) in [5, 5.41) is 6.82. The van der Waals surface area contributed by atoms with E-state index in [4.69, 9.17) is 4.52 Å². The number of carbonyl (C=O) groups excluding carboxylic acids is 1. The van der Waals surface area contributed by atoms with E-state index in [-0.39, 0.29) is 10.6 Å². The Morgan fingerprint density at radius 2 is 1.89 bits per heavy atom. The summed E-state index contributed by atoms with van der Waals surface area (Å²) in [6.07, 6.45) is 1.15. The molecule has 0 fully saturated rings. The van der Waals surface area contributed by atoms with Crippen molar-refractivity contribution in [3.8, 4) is 11.3 Å². The lowest BCUT2D eigenvalue weighted by Gasteiger charge is -1.96. The number of sulfone groups is 1. The lowest BCUT2D eigenvalue weighted by atomic mass is 10.1. The van der Waals surface area contributed by atoms with Crippen LogP contribution in [0.25, 0.3) is 21.5 Å². The van der Waals surface area contributed by atoms with Gasteiger partial charge in [0.25, 0.3) is 5.91 Å². The molecule has 4 aromatic rings. The summed E-state index contributed by atoms with van der Waals surface area (Å²) >= 11 is 1.19. The monoisotopic (exact) mass is 399 g/mol. The highest BCUT2D eigenvalue weighted by Gasteiger charge is 2.16. The molecule has 0 spiro atoms. The zero-order valence-corrected chi connectivity index (χ0v) is 15.7. The van der Waals surface area contributed by atoms with Crippen molar-refractivity contribution in [2.45, 2.75) is 4.90 Å². The van der Waals surface area contributed by atoms with Crippen molar-refractivity contribution in [2.24, 2.45) is 0 Å². The van der Waals surface area contributed by atoms with Gasteiger partial charge in [-0.05, 0) is 18.2 Å². The third-order valence-corrected chi connectivity index (χ3v) is 5.85. The maximum absolute atomic E-state index is 12.4. The van der Waals surface area contributed by atoms with Gasteiger partial charge in [0.15, 0.2) is 26.4 Å². The first kappa shape index (κ1) is 17.4. The summed E-state index contributed by atoms with van der Waals surface area (Å²) in [6.45, 7) is 0. The van der Waals surface area contributed by atoms with Crippen molar-refractivity contribution in [3.63, 3.8) is 0 Å². The molecule has 0 unspecified atom stereocenters. The predicted molar refractivity (Wildman–Crippen MR) is 103 cm³/mol. The highest BCUT2D eigenvalue weighted by Crippen LogP contribution is 2.28. The Labute approximate surface area is 158 Å². The molecule has 0 radical (unpaired) electrons. The molecule has 2 heterocycles. The first-order chi connectivity index (χ1) is 12.9. The summed E-state index contributed by atoms with van der Waals surface area (Å²) < 4.78 is 29.2. The van der Waals surface area contributed by atoms with Crippen LogP contribution in [0, 0.1) is 0 Å². The van der Waals surface area contributed by atoms with E-state index in [0.29, 0.717) is 21.1 Å². The van der Waals surface area contributed by atoms with Gasteiger partial charge in [0.05, 0.1) is 15.1 Å². The molecule has 0 aliphatic rings. The van der Waals surface area contributed by atoms with Gasteiger partial charge in [0.1, 0.15) is 0 Å². The molecule has 136 valence electrons. The van der Waals surface area contributed by atoms with Crippen LogP contribution in [0.4, 0.5) is 5.13 Å². The van der Waals surface area contributed by atoms with Gasteiger partial charge in [-0.1, -0.05) is 46.8 Å². The summed E-state index contributed by atoms with van der Waals surface area (Å²) in [6, 6.07) is 15.5. The standard InChI is InChI=1S/C18H13N3O4S2/c1-27(23,24)12-7-8-13-16(9-12)26-18(19-13)20-17(22)14-10-15(25-21-14)11-5-3-2-4-6-11/h2-10H,1H3,(H,19,20,22). The van der Waals surface area contributed by atoms with Gasteiger partial charge < -0.3 is 4.52 Å². The number of thiazole rings is 1. The van der Waals surface area contributed by atoms with Crippen LogP contribution in [0.2, 0.25) is 0 Å². The smallest absolute Gasteiger partial charge is 0.279 e. The SMILES string of the molecule is CS(=O)(=O)c1ccc2nc(NC(=O)c3cc(-c4ccccc4)on3)sc2c1. The van der Waals surface area contributed by atoms with Crippen molar-refractivity contribution >= 4 is 42.4 Å². The van der Waals surface area contributed by atoms with Gasteiger partial charge in [-0.15, -0.1) is 0 Å². The Balaban J connectivity index is 1.57. The normalized spacial score (nSPS) is 11.6. The minimum Gasteiger partial charge on any atom is -0.355 e. The summed E-state index contributed by atoms with van der Waals surface area (Å²) in [5.41, 5.74) is 1.55. The number of amides is 1. The fraction of sp³-hybridized carbons (Fsp3) is 0.0556. The van der Waals surface area contributed by atoms with Gasteiger partial charge in [-0.2, -0.15) is 0 Å². The number of fused-ring (bicyclic) bond motifs is 1. The van der Waals surface area contributed by atoms with E-state index < -0.39 is 15.7 Å². The van der Waals surface area contributed by atoms with E-state index in [0.717, 1.165) is 11.8 Å². The Morgan fingerprint density at radius 1 is 1.11 bits per heavy atom. The van der Waals surface area contributed by atoms with Crippen LogP contribution >= 0.6 is 11.3 Å². The fourth-order valence-corrected chi connectivity index (χ4v) is 4.09. The number of nitrogens with zero attached hydrogens (tertiary/aromatic N) is 2. The number of hydrogen-bond acceptors (Lipinski definition) is 7. The maximum Gasteiger partial charge on any atom is 0.279 e. The minimum atomic E-state index is -3.31. The zero-order valence-electron chi connectivity index (χ0n) is 14.0. The van der Waals surface area contributed by atoms with E-state index >= 15 is 0 Å². The van der Waals surface area contributed by atoms with E-state index in [9.17, 15) is 13.2 Å². The molecule has 1 N–H and O–H groups in total. The molecule has 27 heavy (non-hydrogen) atoms. The molecule has 2 aromatic carbocycles. The molecule has 0 saturated carbocycles. The molecule has 9 heteroatoms. The van der Waals surface area contributed by atoms with Crippen LogP contribution in [-0.2, 0) is 9.84 Å². The van der Waals surface area contributed by atoms with Gasteiger partial charge in [0.2, 0.25) is 0 Å². The van der Waals surface area contributed by atoms with E-state index in [1.165, 1.54) is 17.4 Å². The van der Waals surface area contributed by atoms with Crippen LogP contribution in [0.5, 0.6) is 0 Å². The van der Waals surface area contributed by atoms with Crippen LogP contribution in [-0.4, -0.2) is 30.7 Å². The molecule has 2 aromatic heterocycles. The van der Waals surface area contributed by atoms with Crippen molar-refractivity contribution in [1.82, 2.24) is 10.1 Å². The van der Waals surface area contributed by atoms with E-state index in [2.05, 4.69) is 15.5 Å². The summed E-state index contributed by atoms with van der Waals surface area (Å²) in [5.74, 6) is 0.0335. The summed E-state index contributed by atoms with van der Waals surface area (Å²) in [4.78, 5) is 16.9. The second kappa shape index (κ2) is 6.60. The number of benzene rings is 2. The lowest BCUT2D eigenvalue weighted by molar-refractivity contribution is 0.101. The molecule has 7 nitrogen and oxygen atoms in total. The first-order valence-electron chi connectivity index (χ1n) is 7.84. The molecule has 0 atom stereocenters. The minimum absolute atomic E-state index is 0.130. The van der Waals surface area contributed by atoms with Gasteiger partial charge in [-0.3, -0.25) is 10.1 Å². The van der Waals surface area contributed by atoms with Crippen molar-refractivity contribution in [1.29, 1.82) is 0 Å². The van der Waals surface area contributed by atoms with Gasteiger partial charge in [0, 0.05) is 17.9 Å². The molecular formula is C18H13N3O4S2. The number of nitrogens with one attached hydrogen (secondary N) is 1. The van der Waals surface area contributed by atoms with Gasteiger partial charge >= 0.3 is 0 Å². The molecule has 0 bridgehead atoms. The fourth-order valence-electron chi connectivity index (χ4n) is 2.47. The Kier molecular flexibility index (Phi) is 4.25. The number of carbonyl (C=O) groups is 1. The second-order valence-electron chi connectivity index (χ2n) is 5.82. The van der Waals surface area contributed by atoms with Crippen molar-refractivity contribution in [3.05, 3.63) is 60.3 Å². The van der Waals surface area contributed by atoms with E-state index in [1.807, 2.05) is 30.3 Å². The quantitative estimate of drug-likeness (QED) is 0.562. The lowest BCUT2D eigenvalue weighted by Crippen LogP contribution is -2.11. The third-order valence-electron chi connectivity index (χ3n) is 3.81. The largest absolute Gasteiger partial charge is 0.355 e. The topological polar surface area (TPSA) is 102 Å². The van der Waals surface area contributed by atoms with Crippen LogP contribution in [0.15, 0.2) is 64.0 Å².